The van der Waals surface area contributed by atoms with Gasteiger partial charge in [-0.15, -0.1) is 0 Å². The number of fused-ring (bicyclic) bond motifs is 1. The van der Waals surface area contributed by atoms with Crippen LogP contribution in [0.25, 0.3) is 11.0 Å². The van der Waals surface area contributed by atoms with Crippen LogP contribution in [0.5, 0.6) is 0 Å². The molecule has 3 heterocycles. The van der Waals surface area contributed by atoms with Crippen molar-refractivity contribution < 1.29 is 0 Å². The molecule has 0 aliphatic carbocycles. The molecule has 0 bridgehead atoms. The van der Waals surface area contributed by atoms with Gasteiger partial charge in [-0.3, -0.25) is 0 Å². The first-order chi connectivity index (χ1) is 12.2. The van der Waals surface area contributed by atoms with Crippen LogP contribution in [-0.2, 0) is 6.54 Å². The normalized spacial score (nSPS) is 14.4. The van der Waals surface area contributed by atoms with E-state index in [0.717, 1.165) is 59.0 Å². The molecule has 2 aromatic heterocycles. The van der Waals surface area contributed by atoms with Gasteiger partial charge in [-0.05, 0) is 37.5 Å². The number of hydrogen-bond acceptors (Lipinski definition) is 5. The molecule has 1 aliphatic rings. The highest BCUT2D eigenvalue weighted by Crippen LogP contribution is 2.28. The first-order valence-electron chi connectivity index (χ1n) is 8.75. The van der Waals surface area contributed by atoms with E-state index >= 15 is 0 Å². The Kier molecular flexibility index (Phi) is 4.57. The molecule has 25 heavy (non-hydrogen) atoms. The fraction of sp³-hybridized carbons (Fsp3) is 0.389. The Balaban J connectivity index is 1.80. The zero-order valence-corrected chi connectivity index (χ0v) is 15.8. The summed E-state index contributed by atoms with van der Waals surface area (Å²) in [7, 11) is 0. The standard InChI is InChI=1S/C18H21BrN6/c1-2-8-25-17-15(12-20-25)16(21-14-7-5-6-13(19)11-14)22-18(23-17)24-9-3-4-10-24/h5-7,11-12H,2-4,8-10H2,1H3,(H,21,22,23). The number of benzene rings is 1. The SMILES string of the molecule is CCCn1ncc2c(Nc3cccc(Br)c3)nc(N3CCCC3)nc21. The smallest absolute Gasteiger partial charge is 0.229 e. The summed E-state index contributed by atoms with van der Waals surface area (Å²) in [5.74, 6) is 1.60. The lowest BCUT2D eigenvalue weighted by atomic mass is 10.3. The fourth-order valence-corrected chi connectivity index (χ4v) is 3.58. The van der Waals surface area contributed by atoms with Gasteiger partial charge in [-0.1, -0.05) is 28.9 Å². The number of nitrogens with zero attached hydrogens (tertiary/aromatic N) is 5. The molecular weight excluding hydrogens is 380 g/mol. The second kappa shape index (κ2) is 7.00. The molecule has 6 nitrogen and oxygen atoms in total. The van der Waals surface area contributed by atoms with E-state index in [2.05, 4.69) is 38.2 Å². The molecule has 3 aromatic rings. The summed E-state index contributed by atoms with van der Waals surface area (Å²) in [5, 5.41) is 8.92. The monoisotopic (exact) mass is 400 g/mol. The predicted molar refractivity (Wildman–Crippen MR) is 104 cm³/mol. The largest absolute Gasteiger partial charge is 0.341 e. The summed E-state index contributed by atoms with van der Waals surface area (Å²) in [6, 6.07) is 8.09. The molecule has 0 saturated carbocycles. The van der Waals surface area contributed by atoms with E-state index in [1.807, 2.05) is 35.1 Å². The zero-order chi connectivity index (χ0) is 17.2. The molecule has 1 N–H and O–H groups in total. The van der Waals surface area contributed by atoms with Crippen molar-refractivity contribution in [3.63, 3.8) is 0 Å². The minimum atomic E-state index is 0.792. The van der Waals surface area contributed by atoms with Crippen LogP contribution in [0.4, 0.5) is 17.5 Å². The molecule has 130 valence electrons. The maximum absolute atomic E-state index is 4.82. The van der Waals surface area contributed by atoms with E-state index in [1.165, 1.54) is 12.8 Å². The molecule has 0 spiro atoms. The van der Waals surface area contributed by atoms with Gasteiger partial charge in [0.1, 0.15) is 5.82 Å². The quantitative estimate of drug-likeness (QED) is 0.689. The van der Waals surface area contributed by atoms with Gasteiger partial charge in [0.15, 0.2) is 5.65 Å². The van der Waals surface area contributed by atoms with Gasteiger partial charge in [0.2, 0.25) is 5.95 Å². The van der Waals surface area contributed by atoms with Gasteiger partial charge in [0.25, 0.3) is 0 Å². The van der Waals surface area contributed by atoms with Crippen LogP contribution in [-0.4, -0.2) is 32.8 Å². The van der Waals surface area contributed by atoms with E-state index in [-0.39, 0.29) is 0 Å². The predicted octanol–water partition coefficient (Wildman–Crippen LogP) is 4.34. The molecule has 1 aromatic carbocycles. The maximum atomic E-state index is 4.82. The first kappa shape index (κ1) is 16.3. The number of hydrogen-bond donors (Lipinski definition) is 1. The van der Waals surface area contributed by atoms with Crippen LogP contribution in [0.2, 0.25) is 0 Å². The number of aromatic nitrogens is 4. The Labute approximate surface area is 155 Å². The Morgan fingerprint density at radius 3 is 2.80 bits per heavy atom. The summed E-state index contributed by atoms with van der Waals surface area (Å²) >= 11 is 3.52. The minimum Gasteiger partial charge on any atom is -0.341 e. The lowest BCUT2D eigenvalue weighted by molar-refractivity contribution is 0.616. The van der Waals surface area contributed by atoms with E-state index in [9.17, 15) is 0 Å². The average molecular weight is 401 g/mol. The molecule has 0 radical (unpaired) electrons. The molecule has 1 fully saturated rings. The Morgan fingerprint density at radius 2 is 2.04 bits per heavy atom. The van der Waals surface area contributed by atoms with Gasteiger partial charge >= 0.3 is 0 Å². The lowest BCUT2D eigenvalue weighted by Crippen LogP contribution is -2.21. The van der Waals surface area contributed by atoms with Gasteiger partial charge in [0, 0.05) is 29.8 Å². The van der Waals surface area contributed by atoms with Crippen molar-refractivity contribution in [3.8, 4) is 0 Å². The highest BCUT2D eigenvalue weighted by molar-refractivity contribution is 9.10. The number of halogens is 1. The molecule has 4 rings (SSSR count). The topological polar surface area (TPSA) is 58.9 Å². The van der Waals surface area contributed by atoms with Crippen LogP contribution < -0.4 is 10.2 Å². The average Bonchev–Trinajstić information content (AvgIpc) is 3.26. The third-order valence-corrected chi connectivity index (χ3v) is 4.89. The third-order valence-electron chi connectivity index (χ3n) is 4.40. The van der Waals surface area contributed by atoms with E-state index in [4.69, 9.17) is 9.97 Å². The first-order valence-corrected chi connectivity index (χ1v) is 9.55. The molecule has 7 heteroatoms. The highest BCUT2D eigenvalue weighted by Gasteiger charge is 2.19. The Morgan fingerprint density at radius 1 is 1.20 bits per heavy atom. The van der Waals surface area contributed by atoms with Crippen molar-refractivity contribution >= 4 is 44.4 Å². The van der Waals surface area contributed by atoms with Crippen LogP contribution in [0.3, 0.4) is 0 Å². The van der Waals surface area contributed by atoms with Crippen molar-refractivity contribution in [1.82, 2.24) is 19.7 Å². The minimum absolute atomic E-state index is 0.792. The van der Waals surface area contributed by atoms with Crippen molar-refractivity contribution in [2.45, 2.75) is 32.7 Å². The Bertz CT molecular complexity index is 884. The maximum Gasteiger partial charge on any atom is 0.229 e. The van der Waals surface area contributed by atoms with Crippen LogP contribution in [0, 0.1) is 0 Å². The lowest BCUT2D eigenvalue weighted by Gasteiger charge is -2.17. The van der Waals surface area contributed by atoms with E-state index < -0.39 is 0 Å². The summed E-state index contributed by atoms with van der Waals surface area (Å²) in [5.41, 5.74) is 1.89. The molecule has 1 aliphatic heterocycles. The summed E-state index contributed by atoms with van der Waals surface area (Å²) in [6.07, 6.45) is 5.28. The fourth-order valence-electron chi connectivity index (χ4n) is 3.18. The van der Waals surface area contributed by atoms with Crippen LogP contribution in [0.15, 0.2) is 34.9 Å². The summed E-state index contributed by atoms with van der Waals surface area (Å²) in [4.78, 5) is 11.9. The summed E-state index contributed by atoms with van der Waals surface area (Å²) in [6.45, 7) is 5.04. The van der Waals surface area contributed by atoms with Crippen molar-refractivity contribution in [3.05, 3.63) is 34.9 Å². The van der Waals surface area contributed by atoms with Gasteiger partial charge in [-0.25, -0.2) is 4.68 Å². The third kappa shape index (κ3) is 3.33. The number of nitrogens with one attached hydrogen (secondary N) is 1. The van der Waals surface area contributed by atoms with Crippen molar-refractivity contribution in [2.24, 2.45) is 0 Å². The van der Waals surface area contributed by atoms with Crippen LogP contribution in [0.1, 0.15) is 26.2 Å². The zero-order valence-electron chi connectivity index (χ0n) is 14.2. The molecule has 0 unspecified atom stereocenters. The number of aryl methyl sites for hydroxylation is 1. The van der Waals surface area contributed by atoms with Crippen molar-refractivity contribution in [1.29, 1.82) is 0 Å². The second-order valence-corrected chi connectivity index (χ2v) is 7.22. The molecular formula is C18H21BrN6. The van der Waals surface area contributed by atoms with Crippen molar-refractivity contribution in [2.75, 3.05) is 23.3 Å². The van der Waals surface area contributed by atoms with Gasteiger partial charge in [0.05, 0.1) is 11.6 Å². The van der Waals surface area contributed by atoms with E-state index in [1.54, 1.807) is 0 Å². The highest BCUT2D eigenvalue weighted by atomic mass is 79.9. The van der Waals surface area contributed by atoms with E-state index in [0.29, 0.717) is 0 Å². The molecule has 0 atom stereocenters. The van der Waals surface area contributed by atoms with Gasteiger partial charge < -0.3 is 10.2 Å². The number of rotatable bonds is 5. The second-order valence-electron chi connectivity index (χ2n) is 6.31. The molecule has 1 saturated heterocycles. The Hall–Kier alpha value is -2.15. The molecule has 0 amide bonds. The van der Waals surface area contributed by atoms with Gasteiger partial charge in [-0.2, -0.15) is 15.1 Å². The summed E-state index contributed by atoms with van der Waals surface area (Å²) < 4.78 is 3.01. The number of anilines is 3. The van der Waals surface area contributed by atoms with Crippen LogP contribution >= 0.6 is 15.9 Å².